The van der Waals surface area contributed by atoms with Crippen LogP contribution in [0.1, 0.15) is 113 Å². The van der Waals surface area contributed by atoms with Crippen molar-refractivity contribution in [3.63, 3.8) is 0 Å². The Kier molecular flexibility index (Phi) is 11.0. The second kappa shape index (κ2) is 16.6. The van der Waals surface area contributed by atoms with Gasteiger partial charge in [-0.05, 0) is 178 Å². The summed E-state index contributed by atoms with van der Waals surface area (Å²) in [4.78, 5) is 0. The Morgan fingerprint density at radius 2 is 1.12 bits per heavy atom. The average Bonchev–Trinajstić information content (AvgIpc) is 3.97. The summed E-state index contributed by atoms with van der Waals surface area (Å²) < 4.78 is 19.1. The van der Waals surface area contributed by atoms with E-state index in [1.807, 2.05) is 0 Å². The summed E-state index contributed by atoms with van der Waals surface area (Å²) in [6, 6.07) is 46.7. The summed E-state index contributed by atoms with van der Waals surface area (Å²) in [6.45, 7) is 10.5. The van der Waals surface area contributed by atoms with Gasteiger partial charge in [-0.1, -0.05) is 113 Å². The van der Waals surface area contributed by atoms with E-state index in [4.69, 9.17) is 14.2 Å². The highest BCUT2D eigenvalue weighted by Gasteiger charge is 2.54. The number of fused-ring (bicyclic) bond motifs is 7. The molecule has 3 aliphatic rings. The highest BCUT2D eigenvalue weighted by Crippen LogP contribution is 2.59. The summed E-state index contributed by atoms with van der Waals surface area (Å²) in [5.41, 5.74) is 5.34. The van der Waals surface area contributed by atoms with Crippen molar-refractivity contribution in [1.82, 2.24) is 0 Å². The lowest BCUT2D eigenvalue weighted by molar-refractivity contribution is 0.0842. The quantitative estimate of drug-likeness (QED) is 0.0977. The molecule has 0 saturated heterocycles. The molecule has 2 bridgehead atoms. The van der Waals surface area contributed by atoms with Crippen LogP contribution in [-0.2, 0) is 6.61 Å². The Morgan fingerprint density at radius 1 is 0.526 bits per heavy atom. The van der Waals surface area contributed by atoms with Gasteiger partial charge in [-0.15, -0.1) is 0 Å². The molecule has 0 aromatic heterocycles. The predicted molar refractivity (Wildman–Crippen MR) is 236 cm³/mol. The van der Waals surface area contributed by atoms with E-state index in [1.54, 1.807) is 0 Å². The molecule has 3 nitrogen and oxygen atoms in total. The number of hydrogen-bond acceptors (Lipinski definition) is 3. The Balaban J connectivity index is 0.868. The fraction of sp³-hybridized carbons (Fsp3) is 0.407. The molecule has 0 amide bonds. The minimum atomic E-state index is 0.406. The van der Waals surface area contributed by atoms with Crippen LogP contribution in [0.5, 0.6) is 17.2 Å². The molecule has 0 heterocycles. The third-order valence-corrected chi connectivity index (χ3v) is 13.9. The van der Waals surface area contributed by atoms with E-state index < -0.39 is 0 Å². The maximum absolute atomic E-state index is 6.77. The Hall–Kier alpha value is -4.76. The molecule has 9 rings (SSSR count). The second-order valence-electron chi connectivity index (χ2n) is 18.4. The molecule has 6 aromatic rings. The molecule has 8 unspecified atom stereocenters. The maximum atomic E-state index is 6.77. The van der Waals surface area contributed by atoms with Crippen LogP contribution in [0, 0.1) is 29.6 Å². The van der Waals surface area contributed by atoms with E-state index in [0.29, 0.717) is 36.4 Å². The first kappa shape index (κ1) is 37.8. The molecule has 0 spiro atoms. The molecule has 3 aliphatic carbocycles. The number of hydrogen-bond donors (Lipinski definition) is 0. The predicted octanol–water partition coefficient (Wildman–Crippen LogP) is 14.3. The van der Waals surface area contributed by atoms with Gasteiger partial charge in [0, 0.05) is 0 Å². The molecule has 0 aliphatic heterocycles. The van der Waals surface area contributed by atoms with E-state index in [9.17, 15) is 0 Å². The van der Waals surface area contributed by atoms with E-state index in [2.05, 4.69) is 155 Å². The second-order valence-corrected chi connectivity index (χ2v) is 18.4. The molecule has 3 saturated carbocycles. The minimum Gasteiger partial charge on any atom is -0.493 e. The number of rotatable bonds is 15. The van der Waals surface area contributed by atoms with Gasteiger partial charge < -0.3 is 14.2 Å². The van der Waals surface area contributed by atoms with Crippen LogP contribution in [-0.4, -0.2) is 12.7 Å². The maximum Gasteiger partial charge on any atom is 0.120 e. The molecule has 57 heavy (non-hydrogen) atoms. The zero-order valence-electron chi connectivity index (χ0n) is 34.4. The lowest BCUT2D eigenvalue weighted by Crippen LogP contribution is -2.32. The standard InChI is InChI=1S/C54H60O3/c1-35(2)33-55-48-21-16-40(17-22-48)37(4)27-45(41-18-23-49(24-19-41)57-54-32-47-31-53(54)52-11-7-10-51(47)52)26-36(3)39-14-12-38(13-15-39)34-56-50-25-20-44-28-42-8-5-6-9-43(42)29-46(44)30-50/h5-6,8-9,12-25,28-30,35-37,45,47,51-54H,7,10-11,26-27,31-34H2,1-4H3. The van der Waals surface area contributed by atoms with Crippen molar-refractivity contribution in [2.75, 3.05) is 6.61 Å². The molecule has 0 N–H and O–H groups in total. The van der Waals surface area contributed by atoms with Gasteiger partial charge in [-0.2, -0.15) is 0 Å². The summed E-state index contributed by atoms with van der Waals surface area (Å²) in [6.07, 6.45) is 9.55. The highest BCUT2D eigenvalue weighted by atomic mass is 16.5. The van der Waals surface area contributed by atoms with E-state index >= 15 is 0 Å². The minimum absolute atomic E-state index is 0.406. The van der Waals surface area contributed by atoms with Crippen LogP contribution < -0.4 is 14.2 Å². The van der Waals surface area contributed by atoms with Gasteiger partial charge in [0.2, 0.25) is 0 Å². The monoisotopic (exact) mass is 756 g/mol. The summed E-state index contributed by atoms with van der Waals surface area (Å²) >= 11 is 0. The molecule has 3 heteroatoms. The third kappa shape index (κ3) is 8.45. The third-order valence-electron chi connectivity index (χ3n) is 13.9. The van der Waals surface area contributed by atoms with Crippen molar-refractivity contribution in [2.45, 2.75) is 103 Å². The Bertz CT molecular complexity index is 2250. The Morgan fingerprint density at radius 3 is 1.82 bits per heavy atom. The van der Waals surface area contributed by atoms with Crippen molar-refractivity contribution >= 4 is 21.5 Å². The van der Waals surface area contributed by atoms with Crippen LogP contribution in [0.2, 0.25) is 0 Å². The van der Waals surface area contributed by atoms with Gasteiger partial charge in [0.1, 0.15) is 30.0 Å². The molecule has 6 aromatic carbocycles. The topological polar surface area (TPSA) is 27.7 Å². The van der Waals surface area contributed by atoms with Gasteiger partial charge in [0.25, 0.3) is 0 Å². The van der Waals surface area contributed by atoms with E-state index in [0.717, 1.165) is 60.4 Å². The van der Waals surface area contributed by atoms with Crippen LogP contribution >= 0.6 is 0 Å². The van der Waals surface area contributed by atoms with Crippen molar-refractivity contribution in [3.8, 4) is 17.2 Å². The molecular formula is C54H60O3. The summed E-state index contributed by atoms with van der Waals surface area (Å²) in [7, 11) is 0. The fourth-order valence-electron chi connectivity index (χ4n) is 10.9. The van der Waals surface area contributed by atoms with E-state index in [-0.39, 0.29) is 0 Å². The molecular weight excluding hydrogens is 697 g/mol. The SMILES string of the molecule is CC(C)COc1ccc(C(C)CC(CC(C)c2ccc(COc3ccc4cc5ccccc5cc4c3)cc2)c2ccc(OC3CC4CC3C3CCCC43)cc2)cc1. The van der Waals surface area contributed by atoms with Gasteiger partial charge in [-0.3, -0.25) is 0 Å². The van der Waals surface area contributed by atoms with Crippen LogP contribution in [0.4, 0.5) is 0 Å². The van der Waals surface area contributed by atoms with Crippen molar-refractivity contribution < 1.29 is 14.2 Å². The van der Waals surface area contributed by atoms with Crippen LogP contribution in [0.15, 0.2) is 127 Å². The highest BCUT2D eigenvalue weighted by molar-refractivity contribution is 5.98. The van der Waals surface area contributed by atoms with Crippen LogP contribution in [0.3, 0.4) is 0 Å². The first-order valence-electron chi connectivity index (χ1n) is 22.0. The Labute approximate surface area is 340 Å². The number of ether oxygens (including phenoxy) is 3. The molecule has 0 radical (unpaired) electrons. The fourth-order valence-corrected chi connectivity index (χ4v) is 10.9. The summed E-state index contributed by atoms with van der Waals surface area (Å²) in [5.74, 6) is 8.25. The summed E-state index contributed by atoms with van der Waals surface area (Å²) in [5, 5.41) is 4.96. The van der Waals surface area contributed by atoms with Crippen molar-refractivity contribution in [1.29, 1.82) is 0 Å². The van der Waals surface area contributed by atoms with E-state index in [1.165, 1.54) is 75.9 Å². The van der Waals surface area contributed by atoms with Crippen molar-refractivity contribution in [3.05, 3.63) is 150 Å². The molecule has 8 atom stereocenters. The average molecular weight is 757 g/mol. The van der Waals surface area contributed by atoms with Gasteiger partial charge in [0.15, 0.2) is 0 Å². The van der Waals surface area contributed by atoms with Crippen molar-refractivity contribution in [2.24, 2.45) is 29.6 Å². The van der Waals surface area contributed by atoms with Gasteiger partial charge in [0.05, 0.1) is 6.61 Å². The van der Waals surface area contributed by atoms with Gasteiger partial charge >= 0.3 is 0 Å². The lowest BCUT2D eigenvalue weighted by Gasteiger charge is -2.32. The number of benzene rings is 6. The smallest absolute Gasteiger partial charge is 0.120 e. The lowest BCUT2D eigenvalue weighted by atomic mass is 9.79. The van der Waals surface area contributed by atoms with Gasteiger partial charge in [-0.25, -0.2) is 0 Å². The largest absolute Gasteiger partial charge is 0.493 e. The first-order valence-corrected chi connectivity index (χ1v) is 22.0. The normalized spacial score (nSPS) is 22.8. The molecule has 294 valence electrons. The van der Waals surface area contributed by atoms with Crippen LogP contribution in [0.25, 0.3) is 21.5 Å². The zero-order chi connectivity index (χ0) is 38.9. The zero-order valence-corrected chi connectivity index (χ0v) is 34.4. The first-order chi connectivity index (χ1) is 27.8. The molecule has 3 fully saturated rings.